The molecule has 54 heavy (non-hydrogen) atoms. The number of guanidine groups is 2. The summed E-state index contributed by atoms with van der Waals surface area (Å²) < 4.78 is 0. The minimum absolute atomic E-state index is 0.00775. The molecule has 1 saturated heterocycles. The number of nitrogens with two attached hydrogens (primary N) is 6. The second-order valence-corrected chi connectivity index (χ2v) is 13.1. The number of carboxylic acids is 1. The molecule has 1 heterocycles. The van der Waals surface area contributed by atoms with Crippen LogP contribution < -0.4 is 61.0 Å². The summed E-state index contributed by atoms with van der Waals surface area (Å²) in [5.74, 6) is -7.24. The first kappa shape index (κ1) is 46.3. The van der Waals surface area contributed by atoms with E-state index in [0.717, 1.165) is 0 Å². The number of aliphatic imine (C=N–C) groups is 2. The molecule has 0 spiro atoms. The third-order valence-corrected chi connectivity index (χ3v) is 7.94. The highest BCUT2D eigenvalue weighted by molar-refractivity contribution is 5.97. The van der Waals surface area contributed by atoms with E-state index in [1.807, 2.05) is 0 Å². The molecule has 7 amide bonds. The van der Waals surface area contributed by atoms with Crippen LogP contribution in [0, 0.1) is 5.92 Å². The molecule has 0 aromatic heterocycles. The molecule has 23 heteroatoms. The normalized spacial score (nSPS) is 15.8. The fraction of sp³-hybridized carbons (Fsp3) is 0.677. The number of nitrogens with one attached hydrogen (secondary N) is 5. The molecule has 0 saturated carbocycles. The smallest absolute Gasteiger partial charge is 0.322 e. The fourth-order valence-corrected chi connectivity index (χ4v) is 5.41. The molecule has 18 N–H and O–H groups in total. The number of carboxylic acid groups (broad SMARTS) is 1. The lowest BCUT2D eigenvalue weighted by atomic mass is 10.0. The van der Waals surface area contributed by atoms with E-state index < -0.39 is 97.0 Å². The molecule has 0 radical (unpaired) electrons. The third-order valence-electron chi connectivity index (χ3n) is 7.94. The van der Waals surface area contributed by atoms with Gasteiger partial charge in [0, 0.05) is 19.6 Å². The Labute approximate surface area is 312 Å². The van der Waals surface area contributed by atoms with Crippen molar-refractivity contribution in [1.29, 1.82) is 0 Å². The van der Waals surface area contributed by atoms with Crippen LogP contribution in [-0.2, 0) is 38.4 Å². The number of likely N-dealkylation sites (tertiary alicyclic amines) is 1. The molecule has 5 atom stereocenters. The second kappa shape index (κ2) is 23.7. The Bertz CT molecular complexity index is 1400. The van der Waals surface area contributed by atoms with Gasteiger partial charge in [0.15, 0.2) is 11.9 Å². The lowest BCUT2D eigenvalue weighted by Crippen LogP contribution is -2.58. The molecule has 23 nitrogen and oxygen atoms in total. The van der Waals surface area contributed by atoms with Gasteiger partial charge in [-0.15, -0.1) is 0 Å². The highest BCUT2D eigenvalue weighted by Crippen LogP contribution is 2.19. The minimum Gasteiger partial charge on any atom is -0.480 e. The summed E-state index contributed by atoms with van der Waals surface area (Å²) >= 11 is 0. The number of primary amides is 1. The molecular weight excluding hydrogens is 712 g/mol. The van der Waals surface area contributed by atoms with Crippen LogP contribution in [-0.4, -0.2) is 132 Å². The molecule has 1 rings (SSSR count). The highest BCUT2D eigenvalue weighted by Gasteiger charge is 2.36. The zero-order chi connectivity index (χ0) is 41.0. The Morgan fingerprint density at radius 3 is 1.89 bits per heavy atom. The van der Waals surface area contributed by atoms with E-state index in [9.17, 15) is 38.4 Å². The van der Waals surface area contributed by atoms with Crippen molar-refractivity contribution in [2.75, 3.05) is 32.7 Å². The van der Waals surface area contributed by atoms with Crippen molar-refractivity contribution in [2.45, 2.75) is 95.4 Å². The van der Waals surface area contributed by atoms with E-state index in [4.69, 9.17) is 39.5 Å². The second-order valence-electron chi connectivity index (χ2n) is 13.1. The van der Waals surface area contributed by atoms with Crippen molar-refractivity contribution in [3.05, 3.63) is 0 Å². The lowest BCUT2D eigenvalue weighted by Gasteiger charge is -2.27. The maximum Gasteiger partial charge on any atom is 0.322 e. The van der Waals surface area contributed by atoms with Crippen LogP contribution >= 0.6 is 0 Å². The number of rotatable bonds is 24. The molecule has 0 bridgehead atoms. The van der Waals surface area contributed by atoms with Crippen LogP contribution in [0.3, 0.4) is 0 Å². The summed E-state index contributed by atoms with van der Waals surface area (Å²) in [6.45, 7) is 2.84. The molecule has 304 valence electrons. The molecule has 0 aliphatic carbocycles. The Morgan fingerprint density at radius 2 is 1.33 bits per heavy atom. The minimum atomic E-state index is -1.54. The lowest BCUT2D eigenvalue weighted by molar-refractivity contribution is -0.140. The molecular formula is C31H56N14O9. The van der Waals surface area contributed by atoms with Gasteiger partial charge >= 0.3 is 5.97 Å². The SMILES string of the molecule is CC(C)C[C@H](NC(=O)[C@H](CCCN=C(N)N)NC(=O)CNC(=O)[C@@H]1CCCN1C(=O)[C@@H](N)CCCN=C(N)N)C(=O)N[C@@H](CC(N)=O)C(=O)NCC(=O)O. The molecule has 1 aliphatic rings. The first-order valence-electron chi connectivity index (χ1n) is 17.4. The fourth-order valence-electron chi connectivity index (χ4n) is 5.41. The Kier molecular flexibility index (Phi) is 20.4. The van der Waals surface area contributed by atoms with E-state index in [1.54, 1.807) is 13.8 Å². The summed E-state index contributed by atoms with van der Waals surface area (Å²) in [7, 11) is 0. The van der Waals surface area contributed by atoms with Gasteiger partial charge in [-0.2, -0.15) is 0 Å². The Balaban J connectivity index is 3.03. The zero-order valence-electron chi connectivity index (χ0n) is 30.7. The number of hydrogen-bond acceptors (Lipinski definition) is 11. The van der Waals surface area contributed by atoms with Crippen molar-refractivity contribution in [3.63, 3.8) is 0 Å². The van der Waals surface area contributed by atoms with Crippen molar-refractivity contribution >= 4 is 59.2 Å². The average molecular weight is 769 g/mol. The van der Waals surface area contributed by atoms with Gasteiger partial charge in [-0.25, -0.2) is 0 Å². The monoisotopic (exact) mass is 768 g/mol. The first-order chi connectivity index (χ1) is 25.3. The standard InChI is InChI=1S/C31H56N14O9/c1-16(2)12-19(27(52)44-20(13-22(33)46)25(50)41-15-24(48)49)43-26(51)18(7-4-10-39-31(36)37)42-23(47)14-40-28(53)21-8-5-11-45(21)29(54)17(32)6-3-9-38-30(34)35/h16-21H,3-15,32H2,1-2H3,(H2,33,46)(H,40,53)(H,41,50)(H,42,47)(H,43,51)(H,44,52)(H,48,49)(H4,34,35,38)(H4,36,37,39)/t17-,18-,19-,20-,21-/m0/s1. The molecule has 0 aromatic rings. The average Bonchev–Trinajstić information content (AvgIpc) is 3.57. The highest BCUT2D eigenvalue weighted by atomic mass is 16.4. The summed E-state index contributed by atoms with van der Waals surface area (Å²) in [5.41, 5.74) is 32.7. The van der Waals surface area contributed by atoms with Crippen molar-refractivity contribution in [1.82, 2.24) is 31.5 Å². The summed E-state index contributed by atoms with van der Waals surface area (Å²) in [5, 5.41) is 20.9. The van der Waals surface area contributed by atoms with E-state index in [-0.39, 0.29) is 56.6 Å². The number of amides is 7. The maximum atomic E-state index is 13.6. The summed E-state index contributed by atoms with van der Waals surface area (Å²) in [6, 6.07) is -5.84. The van der Waals surface area contributed by atoms with Crippen molar-refractivity contribution in [2.24, 2.45) is 50.3 Å². The first-order valence-corrected chi connectivity index (χ1v) is 17.4. The van der Waals surface area contributed by atoms with Gasteiger partial charge in [0.05, 0.1) is 19.0 Å². The summed E-state index contributed by atoms with van der Waals surface area (Å²) in [4.78, 5) is 110. The van der Waals surface area contributed by atoms with E-state index >= 15 is 0 Å². The molecule has 0 aromatic carbocycles. The van der Waals surface area contributed by atoms with Crippen LogP contribution in [0.2, 0.25) is 0 Å². The van der Waals surface area contributed by atoms with Gasteiger partial charge < -0.3 is 71.0 Å². The van der Waals surface area contributed by atoms with Gasteiger partial charge in [-0.3, -0.25) is 48.3 Å². The predicted octanol–water partition coefficient (Wildman–Crippen LogP) is -5.90. The number of carbonyl (C=O) groups is 8. The molecule has 1 fully saturated rings. The van der Waals surface area contributed by atoms with Crippen LogP contribution in [0.25, 0.3) is 0 Å². The van der Waals surface area contributed by atoms with E-state index in [2.05, 4.69) is 36.6 Å². The van der Waals surface area contributed by atoms with Gasteiger partial charge in [0.2, 0.25) is 41.4 Å². The van der Waals surface area contributed by atoms with Gasteiger partial charge in [0.25, 0.3) is 0 Å². The van der Waals surface area contributed by atoms with Crippen molar-refractivity contribution in [3.8, 4) is 0 Å². The predicted molar refractivity (Wildman–Crippen MR) is 195 cm³/mol. The van der Waals surface area contributed by atoms with Gasteiger partial charge in [0.1, 0.15) is 30.7 Å². The zero-order valence-corrected chi connectivity index (χ0v) is 30.7. The van der Waals surface area contributed by atoms with Crippen LogP contribution in [0.5, 0.6) is 0 Å². The topological polar surface area (TPSA) is 401 Å². The van der Waals surface area contributed by atoms with Gasteiger partial charge in [-0.1, -0.05) is 13.8 Å². The van der Waals surface area contributed by atoms with E-state index in [1.165, 1.54) is 4.90 Å². The van der Waals surface area contributed by atoms with Gasteiger partial charge in [-0.05, 0) is 50.9 Å². The number of carbonyl (C=O) groups excluding carboxylic acids is 7. The Hall–Kier alpha value is -5.74. The number of hydrogen-bond donors (Lipinski definition) is 12. The molecule has 1 aliphatic heterocycles. The molecule has 0 unspecified atom stereocenters. The third kappa shape index (κ3) is 18.1. The summed E-state index contributed by atoms with van der Waals surface area (Å²) in [6.07, 6.45) is 1.21. The maximum absolute atomic E-state index is 13.6. The van der Waals surface area contributed by atoms with Crippen LogP contribution in [0.1, 0.15) is 65.2 Å². The van der Waals surface area contributed by atoms with Crippen LogP contribution in [0.15, 0.2) is 9.98 Å². The number of nitrogens with zero attached hydrogens (tertiary/aromatic N) is 3. The quantitative estimate of drug-likeness (QED) is 0.0247. The number of aliphatic carboxylic acids is 1. The van der Waals surface area contributed by atoms with Crippen molar-refractivity contribution < 1.29 is 43.5 Å². The largest absolute Gasteiger partial charge is 0.480 e. The van der Waals surface area contributed by atoms with Crippen LogP contribution in [0.4, 0.5) is 0 Å². The Morgan fingerprint density at radius 1 is 0.759 bits per heavy atom. The van der Waals surface area contributed by atoms with E-state index in [0.29, 0.717) is 25.8 Å².